The SMILES string of the molecule is CN(C)[C@H]1CCC2=CC3=CC[C@]4(C)[C@@H](C(=O)Nc5cccnc5)CC[C@H]4[C@@]34CC[C@]2(C1)O4. The Balaban J connectivity index is 1.31. The van der Waals surface area contributed by atoms with E-state index in [4.69, 9.17) is 4.74 Å². The first-order valence-corrected chi connectivity index (χ1v) is 12.4. The van der Waals surface area contributed by atoms with Crippen LogP contribution in [-0.4, -0.2) is 47.1 Å². The van der Waals surface area contributed by atoms with Crippen LogP contribution < -0.4 is 5.32 Å². The Labute approximate surface area is 191 Å². The fourth-order valence-electron chi connectivity index (χ4n) is 7.92. The predicted molar refractivity (Wildman–Crippen MR) is 125 cm³/mol. The standard InChI is InChI=1S/C27H35N3O2/c1-25-11-10-19-15-18-6-7-21(30(2)3)16-26(18)12-13-27(19,32-26)23(25)9-8-22(25)24(31)29-20-5-4-14-28-17-20/h4-5,10,14-15,17,21-23H,6-9,11-13,16H2,1-3H3,(H,29,31)/t21-,22+,23+,25+,26+,27+/m0/s1. The van der Waals surface area contributed by atoms with E-state index < -0.39 is 0 Å². The smallest absolute Gasteiger partial charge is 0.228 e. The zero-order valence-corrected chi connectivity index (χ0v) is 19.6. The number of carbonyl (C=O) groups is 1. The maximum atomic E-state index is 13.4. The Morgan fingerprint density at radius 1 is 1.25 bits per heavy atom. The molecule has 0 unspecified atom stereocenters. The molecule has 2 spiro atoms. The Morgan fingerprint density at radius 2 is 2.12 bits per heavy atom. The van der Waals surface area contributed by atoms with Gasteiger partial charge in [-0.3, -0.25) is 9.78 Å². The van der Waals surface area contributed by atoms with Crippen molar-refractivity contribution in [3.8, 4) is 0 Å². The van der Waals surface area contributed by atoms with Crippen molar-refractivity contribution in [2.24, 2.45) is 17.3 Å². The van der Waals surface area contributed by atoms with Gasteiger partial charge in [0.15, 0.2) is 0 Å². The van der Waals surface area contributed by atoms with Gasteiger partial charge in [0, 0.05) is 18.2 Å². The van der Waals surface area contributed by atoms with Crippen LogP contribution in [0.4, 0.5) is 5.69 Å². The molecule has 5 heteroatoms. The van der Waals surface area contributed by atoms with E-state index in [2.05, 4.69) is 48.4 Å². The molecule has 2 aliphatic heterocycles. The second-order valence-electron chi connectivity index (χ2n) is 11.3. The summed E-state index contributed by atoms with van der Waals surface area (Å²) in [5.74, 6) is 0.546. The van der Waals surface area contributed by atoms with Gasteiger partial charge in [0.2, 0.25) is 5.91 Å². The highest BCUT2D eigenvalue weighted by Crippen LogP contribution is 2.67. The first kappa shape index (κ1) is 20.6. The van der Waals surface area contributed by atoms with Gasteiger partial charge in [-0.15, -0.1) is 0 Å². The third-order valence-electron chi connectivity index (χ3n) is 9.63. The summed E-state index contributed by atoms with van der Waals surface area (Å²) in [6.07, 6.45) is 17.1. The molecular formula is C27H35N3O2. The lowest BCUT2D eigenvalue weighted by Gasteiger charge is -2.54. The molecular weight excluding hydrogens is 398 g/mol. The summed E-state index contributed by atoms with van der Waals surface area (Å²) in [6, 6.07) is 4.37. The van der Waals surface area contributed by atoms with Crippen LogP contribution in [0.5, 0.6) is 0 Å². The topological polar surface area (TPSA) is 54.5 Å². The molecule has 0 radical (unpaired) electrons. The van der Waals surface area contributed by atoms with E-state index in [1.54, 1.807) is 12.4 Å². The van der Waals surface area contributed by atoms with E-state index in [0.29, 0.717) is 12.0 Å². The molecule has 1 N–H and O–H groups in total. The quantitative estimate of drug-likeness (QED) is 0.749. The Kier molecular flexibility index (Phi) is 4.51. The summed E-state index contributed by atoms with van der Waals surface area (Å²) >= 11 is 0. The number of pyridine rings is 1. The highest BCUT2D eigenvalue weighted by atomic mass is 16.5. The van der Waals surface area contributed by atoms with Crippen molar-refractivity contribution < 1.29 is 9.53 Å². The third-order valence-corrected chi connectivity index (χ3v) is 9.63. The summed E-state index contributed by atoms with van der Waals surface area (Å²) in [5.41, 5.74) is 3.38. The second kappa shape index (κ2) is 7.01. The van der Waals surface area contributed by atoms with Gasteiger partial charge in [0.05, 0.1) is 23.1 Å². The Morgan fingerprint density at radius 3 is 2.91 bits per heavy atom. The fourth-order valence-corrected chi connectivity index (χ4v) is 7.92. The van der Waals surface area contributed by atoms with Crippen LogP contribution in [0.2, 0.25) is 0 Å². The lowest BCUT2D eigenvalue weighted by Crippen LogP contribution is -2.55. The van der Waals surface area contributed by atoms with Crippen molar-refractivity contribution in [1.82, 2.24) is 9.88 Å². The second-order valence-corrected chi connectivity index (χ2v) is 11.3. The first-order chi connectivity index (χ1) is 15.4. The van der Waals surface area contributed by atoms with Gasteiger partial charge in [-0.05, 0) is 100 Å². The van der Waals surface area contributed by atoms with Crippen LogP contribution in [-0.2, 0) is 9.53 Å². The third kappa shape index (κ3) is 2.76. The molecule has 170 valence electrons. The molecule has 1 aromatic heterocycles. The molecule has 6 atom stereocenters. The number of aromatic nitrogens is 1. The maximum Gasteiger partial charge on any atom is 0.228 e. The average Bonchev–Trinajstić information content (AvgIpc) is 3.29. The molecule has 3 fully saturated rings. The summed E-state index contributed by atoms with van der Waals surface area (Å²) in [4.78, 5) is 19.9. The Hall–Kier alpha value is -1.98. The number of anilines is 1. The normalized spacial score (nSPS) is 41.9. The van der Waals surface area contributed by atoms with E-state index in [1.165, 1.54) is 17.6 Å². The van der Waals surface area contributed by atoms with Crippen molar-refractivity contribution in [2.45, 2.75) is 75.5 Å². The van der Waals surface area contributed by atoms with Gasteiger partial charge in [-0.2, -0.15) is 0 Å². The molecule has 3 heterocycles. The van der Waals surface area contributed by atoms with Gasteiger partial charge in [-0.25, -0.2) is 0 Å². The van der Waals surface area contributed by atoms with Gasteiger partial charge < -0.3 is 15.0 Å². The summed E-state index contributed by atoms with van der Waals surface area (Å²) in [5, 5.41) is 3.14. The molecule has 0 aromatic carbocycles. The lowest BCUT2D eigenvalue weighted by atomic mass is 9.58. The van der Waals surface area contributed by atoms with E-state index in [1.807, 2.05) is 12.1 Å². The predicted octanol–water partition coefficient (Wildman–Crippen LogP) is 4.72. The summed E-state index contributed by atoms with van der Waals surface area (Å²) in [7, 11) is 4.41. The number of ether oxygens (including phenoxy) is 1. The number of rotatable bonds is 3. The number of amides is 1. The maximum absolute atomic E-state index is 13.4. The molecule has 2 saturated carbocycles. The zero-order valence-electron chi connectivity index (χ0n) is 19.6. The minimum absolute atomic E-state index is 0.00582. The van der Waals surface area contributed by atoms with Crippen LogP contribution in [0.3, 0.4) is 0 Å². The van der Waals surface area contributed by atoms with Crippen LogP contribution in [0.25, 0.3) is 0 Å². The molecule has 1 saturated heterocycles. The largest absolute Gasteiger partial charge is 0.359 e. The van der Waals surface area contributed by atoms with Crippen molar-refractivity contribution in [2.75, 3.05) is 19.4 Å². The molecule has 3 aliphatic carbocycles. The number of nitrogens with zero attached hydrogens (tertiary/aromatic N) is 2. The Bertz CT molecular complexity index is 1000. The summed E-state index contributed by atoms with van der Waals surface area (Å²) in [6.45, 7) is 2.34. The first-order valence-electron chi connectivity index (χ1n) is 12.4. The van der Waals surface area contributed by atoms with E-state index >= 15 is 0 Å². The number of nitrogens with one attached hydrogen (secondary N) is 1. The van der Waals surface area contributed by atoms with Gasteiger partial charge >= 0.3 is 0 Å². The highest BCUT2D eigenvalue weighted by Gasteiger charge is 2.67. The van der Waals surface area contributed by atoms with Gasteiger partial charge in [-0.1, -0.05) is 19.1 Å². The van der Waals surface area contributed by atoms with Crippen molar-refractivity contribution >= 4 is 11.6 Å². The summed E-state index contributed by atoms with van der Waals surface area (Å²) < 4.78 is 7.28. The van der Waals surface area contributed by atoms with E-state index in [9.17, 15) is 4.79 Å². The minimum atomic E-state index is -0.200. The van der Waals surface area contributed by atoms with Gasteiger partial charge in [0.1, 0.15) is 0 Å². The molecule has 5 aliphatic rings. The van der Waals surface area contributed by atoms with Crippen LogP contribution in [0.1, 0.15) is 58.3 Å². The van der Waals surface area contributed by atoms with Crippen LogP contribution >= 0.6 is 0 Å². The van der Waals surface area contributed by atoms with Gasteiger partial charge in [0.25, 0.3) is 0 Å². The highest BCUT2D eigenvalue weighted by molar-refractivity contribution is 5.93. The number of carbonyl (C=O) groups excluding carboxylic acids is 1. The monoisotopic (exact) mass is 433 g/mol. The molecule has 1 amide bonds. The van der Waals surface area contributed by atoms with Crippen molar-refractivity contribution in [1.29, 1.82) is 0 Å². The molecule has 1 aromatic rings. The molecule has 5 nitrogen and oxygen atoms in total. The number of fused-ring (bicyclic) bond motifs is 1. The molecule has 32 heavy (non-hydrogen) atoms. The van der Waals surface area contributed by atoms with E-state index in [0.717, 1.165) is 50.6 Å². The number of hydrogen-bond donors (Lipinski definition) is 1. The van der Waals surface area contributed by atoms with Crippen LogP contribution in [0.15, 0.2) is 47.8 Å². The lowest BCUT2D eigenvalue weighted by molar-refractivity contribution is -0.146. The molecule has 2 bridgehead atoms. The van der Waals surface area contributed by atoms with Crippen molar-refractivity contribution in [3.05, 3.63) is 47.8 Å². The zero-order chi connectivity index (χ0) is 22.1. The fraction of sp³-hybridized carbons (Fsp3) is 0.630. The minimum Gasteiger partial charge on any atom is -0.359 e. The van der Waals surface area contributed by atoms with Crippen molar-refractivity contribution in [3.63, 3.8) is 0 Å². The number of hydrogen-bond acceptors (Lipinski definition) is 4. The number of allylic oxidation sites excluding steroid dienone is 1. The molecule has 6 rings (SSSR count). The average molecular weight is 434 g/mol. The van der Waals surface area contributed by atoms with E-state index in [-0.39, 0.29) is 28.4 Å². The van der Waals surface area contributed by atoms with Crippen LogP contribution in [0, 0.1) is 17.3 Å².